The van der Waals surface area contributed by atoms with E-state index in [-0.39, 0.29) is 37.1 Å². The highest BCUT2D eigenvalue weighted by atomic mass is 16.4. The summed E-state index contributed by atoms with van der Waals surface area (Å²) in [6, 6.07) is -2.51. The van der Waals surface area contributed by atoms with Gasteiger partial charge in [-0.3, -0.25) is 4.79 Å². The summed E-state index contributed by atoms with van der Waals surface area (Å²) in [7, 11) is 0. The van der Waals surface area contributed by atoms with Gasteiger partial charge in [0.25, 0.3) is 0 Å². The molecular weight excluding hydrogens is 382 g/mol. The molecule has 0 aromatic carbocycles. The van der Waals surface area contributed by atoms with E-state index in [4.69, 9.17) is 20.4 Å². The fourth-order valence-electron chi connectivity index (χ4n) is 1.86. The molecule has 1 rings (SSSR count). The van der Waals surface area contributed by atoms with E-state index >= 15 is 0 Å². The first-order valence-corrected chi connectivity index (χ1v) is 9.72. The molecule has 29 heavy (non-hydrogen) atoms. The highest BCUT2D eigenvalue weighted by Gasteiger charge is 2.22. The molecule has 0 spiro atoms. The van der Waals surface area contributed by atoms with Crippen molar-refractivity contribution in [2.75, 3.05) is 0 Å². The molecule has 0 aliphatic heterocycles. The van der Waals surface area contributed by atoms with Gasteiger partial charge in [0.05, 0.1) is 12.6 Å². The second kappa shape index (κ2) is 14.3. The lowest BCUT2D eigenvalue weighted by Crippen LogP contribution is -2.46. The van der Waals surface area contributed by atoms with Gasteiger partial charge in [-0.1, -0.05) is 47.0 Å². The van der Waals surface area contributed by atoms with Crippen molar-refractivity contribution in [3.05, 3.63) is 11.8 Å². The Morgan fingerprint density at radius 1 is 1.14 bits per heavy atom. The van der Waals surface area contributed by atoms with Crippen LogP contribution in [0, 0.1) is 5.92 Å². The van der Waals surface area contributed by atoms with Crippen molar-refractivity contribution in [3.8, 4) is 0 Å². The fourth-order valence-corrected chi connectivity index (χ4v) is 1.86. The van der Waals surface area contributed by atoms with Gasteiger partial charge >= 0.3 is 18.0 Å². The lowest BCUT2D eigenvalue weighted by Gasteiger charge is -2.14. The number of carboxylic acid groups (broad SMARTS) is 2. The van der Waals surface area contributed by atoms with E-state index in [1.165, 1.54) is 12.8 Å². The van der Waals surface area contributed by atoms with Gasteiger partial charge in [-0.15, -0.1) is 10.2 Å². The summed E-state index contributed by atoms with van der Waals surface area (Å²) >= 11 is 0. The van der Waals surface area contributed by atoms with Crippen molar-refractivity contribution in [2.45, 2.75) is 78.4 Å². The Balaban J connectivity index is 0.00000178. The van der Waals surface area contributed by atoms with Crippen molar-refractivity contribution in [1.82, 2.24) is 20.8 Å². The summed E-state index contributed by atoms with van der Waals surface area (Å²) in [5, 5.41) is 29.7. The molecule has 1 aromatic heterocycles. The van der Waals surface area contributed by atoms with Crippen LogP contribution in [-0.2, 0) is 16.1 Å². The average molecular weight is 415 g/mol. The topological polar surface area (TPSA) is 181 Å². The van der Waals surface area contributed by atoms with Crippen LogP contribution in [0.2, 0.25) is 0 Å². The number of hydrogen-bond donors (Lipinski definition) is 5. The molecule has 166 valence electrons. The molecule has 0 radical (unpaired) electrons. The molecule has 3 atom stereocenters. The van der Waals surface area contributed by atoms with Gasteiger partial charge in [-0.25, -0.2) is 9.59 Å². The first kappa shape index (κ1) is 26.3. The summed E-state index contributed by atoms with van der Waals surface area (Å²) < 4.78 is 5.37. The van der Waals surface area contributed by atoms with Crippen LogP contribution >= 0.6 is 0 Å². The van der Waals surface area contributed by atoms with E-state index in [0.29, 0.717) is 0 Å². The van der Waals surface area contributed by atoms with Crippen LogP contribution in [-0.4, -0.2) is 44.4 Å². The number of rotatable bonds is 11. The Morgan fingerprint density at radius 3 is 2.24 bits per heavy atom. The molecule has 2 amide bonds. The molecule has 11 nitrogen and oxygen atoms in total. The Kier molecular flexibility index (Phi) is 13.0. The van der Waals surface area contributed by atoms with E-state index in [9.17, 15) is 14.4 Å². The van der Waals surface area contributed by atoms with Gasteiger partial charge in [0.1, 0.15) is 6.04 Å². The number of nitrogens with zero attached hydrogens (tertiary/aromatic N) is 2. The smallest absolute Gasteiger partial charge is 0.326 e. The number of nitrogens with one attached hydrogen (secondary N) is 2. The zero-order valence-electron chi connectivity index (χ0n) is 17.5. The number of carbonyl (C=O) groups excluding carboxylic acids is 1. The van der Waals surface area contributed by atoms with Crippen molar-refractivity contribution in [3.63, 3.8) is 0 Å². The Hall–Kier alpha value is -2.69. The lowest BCUT2D eigenvalue weighted by molar-refractivity contribution is -0.140. The molecule has 3 unspecified atom stereocenters. The third-order valence-electron chi connectivity index (χ3n) is 4.18. The molecule has 0 bridgehead atoms. The van der Waals surface area contributed by atoms with E-state index in [1.807, 2.05) is 13.8 Å². The van der Waals surface area contributed by atoms with E-state index < -0.39 is 30.1 Å². The number of carboxylic acids is 2. The minimum Gasteiger partial charge on any atom is -0.481 e. The van der Waals surface area contributed by atoms with Gasteiger partial charge in [0.2, 0.25) is 11.8 Å². The van der Waals surface area contributed by atoms with Crippen LogP contribution in [0.25, 0.3) is 0 Å². The van der Waals surface area contributed by atoms with Gasteiger partial charge in [0, 0.05) is 6.42 Å². The largest absolute Gasteiger partial charge is 0.481 e. The normalized spacial score (nSPS) is 13.4. The zero-order valence-corrected chi connectivity index (χ0v) is 17.5. The van der Waals surface area contributed by atoms with Crippen LogP contribution in [0.4, 0.5) is 4.79 Å². The predicted octanol–water partition coefficient (Wildman–Crippen LogP) is 2.04. The Bertz CT molecular complexity index is 634. The Morgan fingerprint density at radius 2 is 1.76 bits per heavy atom. The molecule has 0 fully saturated rings. The summed E-state index contributed by atoms with van der Waals surface area (Å²) in [5.41, 5.74) is 5.97. The molecule has 0 saturated heterocycles. The number of carbonyl (C=O) groups is 3. The summed E-state index contributed by atoms with van der Waals surface area (Å²) in [5.74, 6) is -1.94. The lowest BCUT2D eigenvalue weighted by atomic mass is 10.0. The number of nitrogens with two attached hydrogens (primary N) is 1. The highest BCUT2D eigenvalue weighted by Crippen LogP contribution is 2.20. The number of amides is 2. The minimum atomic E-state index is -1.32. The highest BCUT2D eigenvalue weighted by molar-refractivity contribution is 5.82. The van der Waals surface area contributed by atoms with E-state index in [1.54, 1.807) is 0 Å². The molecule has 0 saturated carbocycles. The van der Waals surface area contributed by atoms with Crippen molar-refractivity contribution < 1.29 is 29.0 Å². The van der Waals surface area contributed by atoms with Crippen molar-refractivity contribution in [2.24, 2.45) is 11.7 Å². The molecule has 6 N–H and O–H groups in total. The maximum Gasteiger partial charge on any atom is 0.326 e. The van der Waals surface area contributed by atoms with Gasteiger partial charge in [0.15, 0.2) is 0 Å². The second-order valence-electron chi connectivity index (χ2n) is 6.60. The quantitative estimate of drug-likeness (QED) is 0.361. The maximum absolute atomic E-state index is 11.7. The van der Waals surface area contributed by atoms with E-state index in [0.717, 1.165) is 6.42 Å². The van der Waals surface area contributed by atoms with Crippen molar-refractivity contribution in [1.29, 1.82) is 0 Å². The summed E-state index contributed by atoms with van der Waals surface area (Å²) in [6.45, 7) is 8.18. The standard InChI is InChI=1S/C14H23N5O6.C4H10/c1-3-7(2)11(15)12-19-18-9(25-12)6-16-14(24)17-8(13(22)23)4-5-10(20)21;1-3-4-2/h7-8,11H,3-6,15H2,1-2H3,(H,20,21)(H,22,23)(H2,16,17,24);3-4H2,1-2H3. The SMILES string of the molecule is CCC(C)C(N)c1nnc(CNC(=O)NC(CCC(=O)O)C(=O)O)o1.CCCC. The summed E-state index contributed by atoms with van der Waals surface area (Å²) in [6.07, 6.45) is 2.87. The average Bonchev–Trinajstić information content (AvgIpc) is 3.17. The van der Waals surface area contributed by atoms with Crippen LogP contribution in [0.15, 0.2) is 4.42 Å². The first-order chi connectivity index (χ1) is 13.7. The number of aromatic nitrogens is 2. The molecular formula is C18H33N5O6. The fraction of sp³-hybridized carbons (Fsp3) is 0.722. The number of unbranched alkanes of at least 4 members (excludes halogenated alkanes) is 1. The molecule has 11 heteroatoms. The van der Waals surface area contributed by atoms with Crippen LogP contribution in [0.5, 0.6) is 0 Å². The molecule has 1 heterocycles. The minimum absolute atomic E-state index is 0.114. The van der Waals surface area contributed by atoms with Gasteiger partial charge in [-0.2, -0.15) is 0 Å². The molecule has 1 aromatic rings. The predicted molar refractivity (Wildman–Crippen MR) is 105 cm³/mol. The van der Waals surface area contributed by atoms with Crippen LogP contribution in [0.1, 0.15) is 77.6 Å². The third kappa shape index (κ3) is 11.0. The van der Waals surface area contributed by atoms with E-state index in [2.05, 4.69) is 34.7 Å². The van der Waals surface area contributed by atoms with Crippen LogP contribution < -0.4 is 16.4 Å². The van der Waals surface area contributed by atoms with Crippen LogP contribution in [0.3, 0.4) is 0 Å². The summed E-state index contributed by atoms with van der Waals surface area (Å²) in [4.78, 5) is 33.2. The monoisotopic (exact) mass is 415 g/mol. The second-order valence-corrected chi connectivity index (χ2v) is 6.60. The number of hydrogen-bond acceptors (Lipinski definition) is 7. The third-order valence-corrected chi connectivity index (χ3v) is 4.18. The van der Waals surface area contributed by atoms with Gasteiger partial charge in [-0.05, 0) is 12.3 Å². The Labute approximate surface area is 170 Å². The molecule has 0 aliphatic carbocycles. The molecule has 0 aliphatic rings. The van der Waals surface area contributed by atoms with Crippen molar-refractivity contribution >= 4 is 18.0 Å². The maximum atomic E-state index is 11.7. The number of urea groups is 1. The first-order valence-electron chi connectivity index (χ1n) is 9.72. The zero-order chi connectivity index (χ0) is 22.4. The van der Waals surface area contributed by atoms with Gasteiger partial charge < -0.3 is 31.0 Å². The number of aliphatic carboxylic acids is 2.